The summed E-state index contributed by atoms with van der Waals surface area (Å²) in [5, 5.41) is 9.59. The summed E-state index contributed by atoms with van der Waals surface area (Å²) in [7, 11) is 0. The number of amides is 1. The molecule has 1 spiro atoms. The molecule has 0 aliphatic carbocycles. The highest BCUT2D eigenvalue weighted by atomic mass is 79.9. The minimum Gasteiger partial charge on any atom is -0.480 e. The van der Waals surface area contributed by atoms with Gasteiger partial charge in [0.05, 0.1) is 6.61 Å². The molecule has 2 aliphatic rings. The van der Waals surface area contributed by atoms with Crippen molar-refractivity contribution < 1.29 is 19.4 Å². The van der Waals surface area contributed by atoms with Gasteiger partial charge in [0.25, 0.3) is 5.91 Å². The molecule has 3 rings (SSSR count). The van der Waals surface area contributed by atoms with E-state index in [2.05, 4.69) is 27.8 Å². The average molecular weight is 411 g/mol. The lowest BCUT2D eigenvalue weighted by Gasteiger charge is -2.44. The van der Waals surface area contributed by atoms with Crippen molar-refractivity contribution >= 4 is 27.8 Å². The summed E-state index contributed by atoms with van der Waals surface area (Å²) < 4.78 is 6.74. The van der Waals surface area contributed by atoms with E-state index in [1.54, 1.807) is 18.2 Å². The van der Waals surface area contributed by atoms with E-state index in [9.17, 15) is 14.7 Å². The van der Waals surface area contributed by atoms with Crippen LogP contribution >= 0.6 is 15.9 Å². The van der Waals surface area contributed by atoms with E-state index in [-0.39, 0.29) is 12.5 Å². The van der Waals surface area contributed by atoms with E-state index in [1.165, 1.54) is 4.90 Å². The summed E-state index contributed by atoms with van der Waals surface area (Å²) in [6.07, 6.45) is 2.35. The normalized spacial score (nSPS) is 23.1. The second-order valence-corrected chi connectivity index (χ2v) is 7.55. The molecule has 1 aromatic rings. The van der Waals surface area contributed by atoms with Gasteiger partial charge in [-0.3, -0.25) is 9.69 Å². The summed E-state index contributed by atoms with van der Waals surface area (Å²) >= 11 is 3.37. The molecule has 1 amide bonds. The molecule has 2 saturated heterocycles. The monoisotopic (exact) mass is 410 g/mol. The minimum absolute atomic E-state index is 0.0445. The first-order chi connectivity index (χ1) is 12.0. The molecule has 1 aromatic carbocycles. The van der Waals surface area contributed by atoms with Crippen LogP contribution in [-0.4, -0.2) is 64.8 Å². The SMILES string of the molecule is CCCN1CCC2(CC1)OC[C@@H](C(=O)O)N2C(=O)c1cccc(Br)c1. The van der Waals surface area contributed by atoms with Gasteiger partial charge < -0.3 is 14.7 Å². The third-order valence-electron chi connectivity index (χ3n) is 5.01. The third-order valence-corrected chi connectivity index (χ3v) is 5.51. The number of hydrogen-bond acceptors (Lipinski definition) is 4. The number of piperidine rings is 1. The summed E-state index contributed by atoms with van der Waals surface area (Å²) in [5.41, 5.74) is -0.339. The lowest BCUT2D eigenvalue weighted by molar-refractivity contribution is -0.143. The zero-order valence-corrected chi connectivity index (χ0v) is 15.9. The van der Waals surface area contributed by atoms with Crippen molar-refractivity contribution in [2.75, 3.05) is 26.2 Å². The number of rotatable bonds is 4. The van der Waals surface area contributed by atoms with Crippen molar-refractivity contribution in [3.8, 4) is 0 Å². The van der Waals surface area contributed by atoms with Gasteiger partial charge in [-0.2, -0.15) is 0 Å². The quantitative estimate of drug-likeness (QED) is 0.825. The van der Waals surface area contributed by atoms with E-state index in [0.29, 0.717) is 18.4 Å². The molecular weight excluding hydrogens is 388 g/mol. The second-order valence-electron chi connectivity index (χ2n) is 6.64. The van der Waals surface area contributed by atoms with E-state index >= 15 is 0 Å². The largest absolute Gasteiger partial charge is 0.480 e. The number of halogens is 1. The molecular formula is C18H23BrN2O4. The van der Waals surface area contributed by atoms with Crippen LogP contribution in [0.3, 0.4) is 0 Å². The van der Waals surface area contributed by atoms with Crippen LogP contribution in [0.25, 0.3) is 0 Å². The van der Waals surface area contributed by atoms with Gasteiger partial charge >= 0.3 is 5.97 Å². The smallest absolute Gasteiger partial charge is 0.328 e. The first-order valence-electron chi connectivity index (χ1n) is 8.65. The summed E-state index contributed by atoms with van der Waals surface area (Å²) in [6, 6.07) is 6.11. The summed E-state index contributed by atoms with van der Waals surface area (Å²) in [6.45, 7) is 4.81. The first kappa shape index (κ1) is 18.4. The molecule has 1 atom stereocenters. The van der Waals surface area contributed by atoms with Crippen LogP contribution in [0, 0.1) is 0 Å². The number of hydrogen-bond donors (Lipinski definition) is 1. The lowest BCUT2D eigenvalue weighted by atomic mass is 9.96. The van der Waals surface area contributed by atoms with Gasteiger partial charge in [0.2, 0.25) is 0 Å². The number of likely N-dealkylation sites (tertiary alicyclic amines) is 1. The van der Waals surface area contributed by atoms with Gasteiger partial charge in [0.1, 0.15) is 5.72 Å². The highest BCUT2D eigenvalue weighted by molar-refractivity contribution is 9.10. The minimum atomic E-state index is -1.02. The highest BCUT2D eigenvalue weighted by Crippen LogP contribution is 2.38. The van der Waals surface area contributed by atoms with Crippen LogP contribution in [0.2, 0.25) is 0 Å². The number of aliphatic carboxylic acids is 1. The van der Waals surface area contributed by atoms with Crippen molar-refractivity contribution in [2.45, 2.75) is 38.0 Å². The fraction of sp³-hybridized carbons (Fsp3) is 0.556. The topological polar surface area (TPSA) is 70.1 Å². The Morgan fingerprint density at radius 1 is 1.36 bits per heavy atom. The van der Waals surface area contributed by atoms with Crippen LogP contribution in [0.5, 0.6) is 0 Å². The van der Waals surface area contributed by atoms with Gasteiger partial charge in [-0.05, 0) is 31.2 Å². The van der Waals surface area contributed by atoms with Gasteiger partial charge in [0.15, 0.2) is 6.04 Å². The van der Waals surface area contributed by atoms with Crippen molar-refractivity contribution in [1.82, 2.24) is 9.80 Å². The van der Waals surface area contributed by atoms with Gasteiger partial charge in [-0.15, -0.1) is 0 Å². The number of carboxylic acids is 1. The number of carbonyl (C=O) groups excluding carboxylic acids is 1. The Kier molecular flexibility index (Phi) is 5.46. The number of carbonyl (C=O) groups is 2. The maximum atomic E-state index is 13.1. The maximum Gasteiger partial charge on any atom is 0.328 e. The van der Waals surface area contributed by atoms with Crippen LogP contribution in [-0.2, 0) is 9.53 Å². The Labute approximate surface area is 155 Å². The van der Waals surface area contributed by atoms with E-state index in [0.717, 1.165) is 30.5 Å². The zero-order valence-electron chi connectivity index (χ0n) is 14.3. The Morgan fingerprint density at radius 2 is 2.08 bits per heavy atom. The molecule has 7 heteroatoms. The van der Waals surface area contributed by atoms with Crippen LogP contribution in [0.4, 0.5) is 0 Å². The molecule has 0 aromatic heterocycles. The van der Waals surface area contributed by atoms with Gasteiger partial charge in [0, 0.05) is 36.0 Å². The van der Waals surface area contributed by atoms with Crippen LogP contribution in [0.1, 0.15) is 36.5 Å². The van der Waals surface area contributed by atoms with E-state index in [4.69, 9.17) is 4.74 Å². The summed E-state index contributed by atoms with van der Waals surface area (Å²) in [4.78, 5) is 28.7. The van der Waals surface area contributed by atoms with Crippen molar-refractivity contribution in [3.05, 3.63) is 34.3 Å². The lowest BCUT2D eigenvalue weighted by Crippen LogP contribution is -2.58. The Balaban J connectivity index is 1.88. The Hall–Kier alpha value is -1.44. The molecule has 136 valence electrons. The first-order valence-corrected chi connectivity index (χ1v) is 9.44. The predicted octanol–water partition coefficient (Wildman–Crippen LogP) is 2.58. The Bertz CT molecular complexity index is 658. The zero-order chi connectivity index (χ0) is 18.0. The fourth-order valence-electron chi connectivity index (χ4n) is 3.76. The molecule has 2 heterocycles. The predicted molar refractivity (Wildman–Crippen MR) is 96.4 cm³/mol. The number of nitrogens with zero attached hydrogens (tertiary/aromatic N) is 2. The highest BCUT2D eigenvalue weighted by Gasteiger charge is 2.53. The molecule has 0 unspecified atom stereocenters. The molecule has 0 bridgehead atoms. The molecule has 25 heavy (non-hydrogen) atoms. The fourth-order valence-corrected chi connectivity index (χ4v) is 4.16. The summed E-state index contributed by atoms with van der Waals surface area (Å²) in [5.74, 6) is -1.30. The average Bonchev–Trinajstić information content (AvgIpc) is 2.96. The molecule has 2 fully saturated rings. The van der Waals surface area contributed by atoms with E-state index in [1.807, 2.05) is 6.07 Å². The van der Waals surface area contributed by atoms with Gasteiger partial charge in [-0.25, -0.2) is 4.79 Å². The van der Waals surface area contributed by atoms with Crippen molar-refractivity contribution in [1.29, 1.82) is 0 Å². The number of carboxylic acid groups (broad SMARTS) is 1. The number of ether oxygens (including phenoxy) is 1. The molecule has 1 N–H and O–H groups in total. The standard InChI is InChI=1S/C18H23BrN2O4/c1-2-8-20-9-6-18(7-10-20)21(15(12-25-18)17(23)24)16(22)13-4-3-5-14(19)11-13/h3-5,11,15H,2,6-10,12H2,1H3,(H,23,24)/t15-/m0/s1. The number of benzene rings is 1. The van der Waals surface area contributed by atoms with Crippen molar-refractivity contribution in [2.24, 2.45) is 0 Å². The maximum absolute atomic E-state index is 13.1. The van der Waals surface area contributed by atoms with Crippen molar-refractivity contribution in [3.63, 3.8) is 0 Å². The van der Waals surface area contributed by atoms with Crippen LogP contribution in [0.15, 0.2) is 28.7 Å². The van der Waals surface area contributed by atoms with Gasteiger partial charge in [-0.1, -0.05) is 28.9 Å². The molecule has 0 saturated carbocycles. The second kappa shape index (κ2) is 7.43. The Morgan fingerprint density at radius 3 is 2.68 bits per heavy atom. The third kappa shape index (κ3) is 3.59. The van der Waals surface area contributed by atoms with E-state index < -0.39 is 17.7 Å². The molecule has 0 radical (unpaired) electrons. The van der Waals surface area contributed by atoms with Crippen LogP contribution < -0.4 is 0 Å². The molecule has 2 aliphatic heterocycles. The molecule has 6 nitrogen and oxygen atoms in total.